The number of benzene rings is 3. The molecule has 0 saturated heterocycles. The molecule has 4 aromatic rings. The molecule has 0 bridgehead atoms. The van der Waals surface area contributed by atoms with Gasteiger partial charge in [0.15, 0.2) is 11.5 Å². The van der Waals surface area contributed by atoms with E-state index in [-0.39, 0.29) is 24.4 Å². The molecule has 6 nitrogen and oxygen atoms in total. The third kappa shape index (κ3) is 6.91. The summed E-state index contributed by atoms with van der Waals surface area (Å²) in [5, 5.41) is 3.99. The Morgan fingerprint density at radius 2 is 1.66 bits per heavy atom. The molecular formula is C34H38N2O4S. The van der Waals surface area contributed by atoms with Crippen LogP contribution in [0.1, 0.15) is 52.9 Å². The number of thiophene rings is 1. The highest BCUT2D eigenvalue weighted by Crippen LogP contribution is 2.29. The summed E-state index contributed by atoms with van der Waals surface area (Å²) in [7, 11) is 3.25. The molecule has 5 rings (SSSR count). The van der Waals surface area contributed by atoms with Gasteiger partial charge < -0.3 is 19.3 Å². The second kappa shape index (κ2) is 13.7. The maximum absolute atomic E-state index is 14.2. The largest absolute Gasteiger partial charge is 0.493 e. The summed E-state index contributed by atoms with van der Waals surface area (Å²) in [4.78, 5) is 33.1. The van der Waals surface area contributed by atoms with E-state index in [2.05, 4.69) is 6.07 Å². The van der Waals surface area contributed by atoms with Gasteiger partial charge >= 0.3 is 0 Å². The molecule has 0 N–H and O–H groups in total. The van der Waals surface area contributed by atoms with Crippen molar-refractivity contribution < 1.29 is 19.1 Å². The minimum Gasteiger partial charge on any atom is -0.493 e. The van der Waals surface area contributed by atoms with Crippen LogP contribution < -0.4 is 9.47 Å². The van der Waals surface area contributed by atoms with E-state index in [0.717, 1.165) is 46.9 Å². The molecule has 3 aromatic carbocycles. The number of fused-ring (bicyclic) bond motifs is 1. The predicted octanol–water partition coefficient (Wildman–Crippen LogP) is 6.96. The van der Waals surface area contributed by atoms with Crippen LogP contribution in [-0.4, -0.2) is 55.0 Å². The van der Waals surface area contributed by atoms with Crippen LogP contribution in [0.4, 0.5) is 0 Å². The number of carbonyl (C=O) groups is 2. The summed E-state index contributed by atoms with van der Waals surface area (Å²) >= 11 is 1.64. The van der Waals surface area contributed by atoms with Gasteiger partial charge in [0.1, 0.15) is 6.54 Å². The van der Waals surface area contributed by atoms with Crippen LogP contribution in [-0.2, 0) is 17.8 Å². The Kier molecular flexibility index (Phi) is 9.57. The smallest absolute Gasteiger partial charge is 0.255 e. The highest BCUT2D eigenvalue weighted by atomic mass is 32.1. The quantitative estimate of drug-likeness (QED) is 0.196. The maximum atomic E-state index is 14.2. The van der Waals surface area contributed by atoms with E-state index >= 15 is 0 Å². The molecule has 1 aliphatic rings. The number of hydrogen-bond acceptors (Lipinski definition) is 5. The Bertz CT molecular complexity index is 1460. The Balaban J connectivity index is 1.40. The molecule has 1 aromatic heterocycles. The van der Waals surface area contributed by atoms with E-state index in [1.807, 2.05) is 81.9 Å². The van der Waals surface area contributed by atoms with Crippen molar-refractivity contribution in [2.24, 2.45) is 0 Å². The zero-order valence-corrected chi connectivity index (χ0v) is 24.7. The van der Waals surface area contributed by atoms with Gasteiger partial charge in [0, 0.05) is 23.0 Å². The van der Waals surface area contributed by atoms with Crippen LogP contribution in [0.5, 0.6) is 11.5 Å². The molecule has 1 fully saturated rings. The molecule has 1 aliphatic carbocycles. The number of ether oxygens (including phenoxy) is 2. The van der Waals surface area contributed by atoms with Gasteiger partial charge in [-0.15, -0.1) is 11.3 Å². The van der Waals surface area contributed by atoms with Gasteiger partial charge in [-0.3, -0.25) is 9.59 Å². The third-order valence-electron chi connectivity index (χ3n) is 8.00. The van der Waals surface area contributed by atoms with Crippen molar-refractivity contribution in [3.05, 3.63) is 94.2 Å². The van der Waals surface area contributed by atoms with Crippen LogP contribution in [0.2, 0.25) is 0 Å². The molecule has 1 saturated carbocycles. The van der Waals surface area contributed by atoms with Crippen LogP contribution in [0, 0.1) is 0 Å². The van der Waals surface area contributed by atoms with Gasteiger partial charge in [-0.05, 0) is 65.2 Å². The highest BCUT2D eigenvalue weighted by molar-refractivity contribution is 7.09. The molecule has 1 heterocycles. The van der Waals surface area contributed by atoms with E-state index in [1.54, 1.807) is 25.6 Å². The second-order valence-electron chi connectivity index (χ2n) is 10.6. The fourth-order valence-electron chi connectivity index (χ4n) is 5.75. The van der Waals surface area contributed by atoms with Crippen molar-refractivity contribution in [1.29, 1.82) is 0 Å². The molecule has 0 spiro atoms. The average Bonchev–Trinajstić information content (AvgIpc) is 3.54. The van der Waals surface area contributed by atoms with Crippen LogP contribution in [0.25, 0.3) is 10.8 Å². The third-order valence-corrected chi connectivity index (χ3v) is 8.86. The normalized spacial score (nSPS) is 13.6. The van der Waals surface area contributed by atoms with Gasteiger partial charge in [-0.2, -0.15) is 0 Å². The lowest BCUT2D eigenvalue weighted by molar-refractivity contribution is -0.133. The van der Waals surface area contributed by atoms with Crippen molar-refractivity contribution >= 4 is 33.9 Å². The lowest BCUT2D eigenvalue weighted by atomic mass is 9.93. The van der Waals surface area contributed by atoms with Gasteiger partial charge in [0.05, 0.1) is 20.8 Å². The first-order valence-corrected chi connectivity index (χ1v) is 15.2. The zero-order valence-electron chi connectivity index (χ0n) is 23.9. The SMILES string of the molecule is COc1ccc(CCN(Cc2cccs2)C(=O)CN(C(=O)c2cccc3ccccc23)C2CCCCC2)cc1OC. The Labute approximate surface area is 246 Å². The summed E-state index contributed by atoms with van der Waals surface area (Å²) < 4.78 is 10.9. The molecule has 0 unspecified atom stereocenters. The number of methoxy groups -OCH3 is 2. The molecular weight excluding hydrogens is 532 g/mol. The van der Waals surface area contributed by atoms with Crippen molar-refractivity contribution in [2.45, 2.75) is 51.1 Å². The van der Waals surface area contributed by atoms with Gasteiger partial charge in [-0.1, -0.05) is 67.8 Å². The summed E-state index contributed by atoms with van der Waals surface area (Å²) in [6.45, 7) is 1.13. The van der Waals surface area contributed by atoms with Crippen molar-refractivity contribution in [3.63, 3.8) is 0 Å². The van der Waals surface area contributed by atoms with Crippen molar-refractivity contribution in [2.75, 3.05) is 27.3 Å². The van der Waals surface area contributed by atoms with Crippen LogP contribution in [0.3, 0.4) is 0 Å². The average molecular weight is 571 g/mol. The second-order valence-corrected chi connectivity index (χ2v) is 11.6. The number of amides is 2. The van der Waals surface area contributed by atoms with E-state index in [9.17, 15) is 9.59 Å². The van der Waals surface area contributed by atoms with Crippen molar-refractivity contribution in [1.82, 2.24) is 9.80 Å². The first kappa shape index (κ1) is 28.7. The topological polar surface area (TPSA) is 59.1 Å². The Hall–Kier alpha value is -3.84. The van der Waals surface area contributed by atoms with Gasteiger partial charge in [0.25, 0.3) is 5.91 Å². The summed E-state index contributed by atoms with van der Waals surface area (Å²) in [6.07, 6.45) is 5.86. The van der Waals surface area contributed by atoms with E-state index < -0.39 is 0 Å². The number of rotatable bonds is 11. The Morgan fingerprint density at radius 3 is 2.41 bits per heavy atom. The van der Waals surface area contributed by atoms with Crippen LogP contribution >= 0.6 is 11.3 Å². The first-order valence-electron chi connectivity index (χ1n) is 14.4. The molecule has 214 valence electrons. The summed E-state index contributed by atoms with van der Waals surface area (Å²) in [5.41, 5.74) is 1.72. The van der Waals surface area contributed by atoms with Crippen molar-refractivity contribution in [3.8, 4) is 11.5 Å². The number of hydrogen-bond donors (Lipinski definition) is 0. The predicted molar refractivity (Wildman–Crippen MR) is 165 cm³/mol. The monoisotopic (exact) mass is 570 g/mol. The fraction of sp³-hybridized carbons (Fsp3) is 0.353. The van der Waals surface area contributed by atoms with E-state index in [4.69, 9.17) is 9.47 Å². The Morgan fingerprint density at radius 1 is 0.878 bits per heavy atom. The highest BCUT2D eigenvalue weighted by Gasteiger charge is 2.30. The zero-order chi connectivity index (χ0) is 28.6. The number of nitrogens with zero attached hydrogens (tertiary/aromatic N) is 2. The lowest BCUT2D eigenvalue weighted by Crippen LogP contribution is -2.48. The standard InChI is InChI=1S/C34H38N2O4S/c1-39-31-18-17-25(22-32(31)40-2)19-20-35(23-28-14-9-21-41-28)33(37)24-36(27-12-4-3-5-13-27)34(38)30-16-8-11-26-10-6-7-15-29(26)30/h6-11,14-18,21-22,27H,3-5,12-13,19-20,23-24H2,1-2H3. The summed E-state index contributed by atoms with van der Waals surface area (Å²) in [6, 6.07) is 23.8. The number of carbonyl (C=O) groups excluding carboxylic acids is 2. The van der Waals surface area contributed by atoms with Gasteiger partial charge in [-0.25, -0.2) is 0 Å². The first-order chi connectivity index (χ1) is 20.1. The molecule has 0 aliphatic heterocycles. The summed E-state index contributed by atoms with van der Waals surface area (Å²) in [5.74, 6) is 1.26. The fourth-order valence-corrected chi connectivity index (χ4v) is 6.47. The molecule has 41 heavy (non-hydrogen) atoms. The minimum absolute atomic E-state index is 0.0296. The maximum Gasteiger partial charge on any atom is 0.255 e. The molecule has 0 atom stereocenters. The molecule has 7 heteroatoms. The molecule has 2 amide bonds. The van der Waals surface area contributed by atoms with Gasteiger partial charge in [0.2, 0.25) is 5.91 Å². The van der Waals surface area contributed by atoms with E-state index in [1.165, 1.54) is 6.42 Å². The lowest BCUT2D eigenvalue weighted by Gasteiger charge is -2.36. The van der Waals surface area contributed by atoms with Crippen LogP contribution in [0.15, 0.2) is 78.2 Å². The van der Waals surface area contributed by atoms with E-state index in [0.29, 0.717) is 36.6 Å². The minimum atomic E-state index is -0.0574. The molecule has 0 radical (unpaired) electrons.